The summed E-state index contributed by atoms with van der Waals surface area (Å²) in [5.74, 6) is 0. The zero-order valence-electron chi connectivity index (χ0n) is 9.96. The summed E-state index contributed by atoms with van der Waals surface area (Å²) in [4.78, 5) is 4.51. The number of hydrogen-bond donors (Lipinski definition) is 0. The first-order valence-electron chi connectivity index (χ1n) is 4.93. The first-order valence-corrected chi connectivity index (χ1v) is 4.93. The van der Waals surface area contributed by atoms with Crippen LogP contribution in [0.3, 0.4) is 0 Å². The van der Waals surface area contributed by atoms with Crippen LogP contribution in [0.1, 0.15) is 41.5 Å². The van der Waals surface area contributed by atoms with Crippen LogP contribution < -0.4 is 5.68 Å². The van der Waals surface area contributed by atoms with Crippen LogP contribution in [0.2, 0.25) is 0 Å². The smallest absolute Gasteiger partial charge is 0.297 e. The van der Waals surface area contributed by atoms with Crippen LogP contribution in [0.15, 0.2) is 21.9 Å². The van der Waals surface area contributed by atoms with Gasteiger partial charge in [-0.25, -0.2) is 4.99 Å². The molecule has 80 valence electrons. The Morgan fingerprint density at radius 1 is 1.14 bits per heavy atom. The summed E-state index contributed by atoms with van der Waals surface area (Å²) in [7, 11) is 0. The Morgan fingerprint density at radius 2 is 1.71 bits per heavy atom. The summed E-state index contributed by atoms with van der Waals surface area (Å²) < 4.78 is 7.40. The molecule has 0 radical (unpaired) electrons. The predicted octanol–water partition coefficient (Wildman–Crippen LogP) is 2.54. The molecule has 0 aliphatic rings. The first-order chi connectivity index (χ1) is 6.20. The van der Waals surface area contributed by atoms with Crippen LogP contribution in [-0.4, -0.2) is 10.1 Å². The van der Waals surface area contributed by atoms with E-state index >= 15 is 0 Å². The molecule has 1 aromatic rings. The van der Waals surface area contributed by atoms with Crippen LogP contribution in [0.4, 0.5) is 0 Å². The predicted molar refractivity (Wildman–Crippen MR) is 57.0 cm³/mol. The van der Waals surface area contributed by atoms with E-state index in [9.17, 15) is 0 Å². The lowest BCUT2D eigenvalue weighted by atomic mass is 10.1. The van der Waals surface area contributed by atoms with E-state index in [2.05, 4.69) is 46.5 Å². The molecule has 14 heavy (non-hydrogen) atoms. The number of hydrogen-bond acceptors (Lipinski definition) is 2. The van der Waals surface area contributed by atoms with Gasteiger partial charge in [0, 0.05) is 11.7 Å². The van der Waals surface area contributed by atoms with Gasteiger partial charge in [0.05, 0.1) is 5.54 Å². The molecular weight excluding hydrogens is 176 g/mol. The van der Waals surface area contributed by atoms with Crippen molar-refractivity contribution in [3.8, 4) is 0 Å². The lowest BCUT2D eigenvalue weighted by molar-refractivity contribution is 0.329. The maximum absolute atomic E-state index is 5.36. The Morgan fingerprint density at radius 3 is 2.14 bits per heavy atom. The van der Waals surface area contributed by atoms with Crippen molar-refractivity contribution < 1.29 is 4.42 Å². The molecule has 3 nitrogen and oxygen atoms in total. The Kier molecular flexibility index (Phi) is 2.61. The maximum Gasteiger partial charge on any atom is 0.297 e. The van der Waals surface area contributed by atoms with Gasteiger partial charge >= 0.3 is 0 Å². The molecule has 0 aliphatic heterocycles. The summed E-state index contributed by atoms with van der Waals surface area (Å²) in [6.45, 7) is 12.6. The van der Waals surface area contributed by atoms with Crippen molar-refractivity contribution in [2.75, 3.05) is 0 Å². The molecular formula is C11H20N2O. The van der Waals surface area contributed by atoms with Crippen LogP contribution in [0.5, 0.6) is 0 Å². The molecule has 0 saturated carbocycles. The van der Waals surface area contributed by atoms with Crippen molar-refractivity contribution in [2.24, 2.45) is 4.99 Å². The number of aromatic nitrogens is 1. The number of rotatable bonds is 0. The van der Waals surface area contributed by atoms with Crippen LogP contribution in [-0.2, 0) is 5.54 Å². The summed E-state index contributed by atoms with van der Waals surface area (Å²) in [6, 6.07) is 0. The van der Waals surface area contributed by atoms with Crippen LogP contribution in [0.25, 0.3) is 0 Å². The molecule has 0 fully saturated rings. The molecule has 0 atom stereocenters. The lowest BCUT2D eigenvalue weighted by Crippen LogP contribution is -2.33. The van der Waals surface area contributed by atoms with Gasteiger partial charge < -0.3 is 4.42 Å². The van der Waals surface area contributed by atoms with Gasteiger partial charge in [0.2, 0.25) is 0 Å². The highest BCUT2D eigenvalue weighted by Gasteiger charge is 2.16. The minimum absolute atomic E-state index is 0.0110. The second-order valence-electron chi connectivity index (χ2n) is 5.51. The Labute approximate surface area is 85.5 Å². The molecule has 0 aliphatic carbocycles. The van der Waals surface area contributed by atoms with E-state index in [0.717, 1.165) is 0 Å². The van der Waals surface area contributed by atoms with Crippen molar-refractivity contribution in [3.63, 3.8) is 0 Å². The fourth-order valence-electron chi connectivity index (χ4n) is 1.15. The summed E-state index contributed by atoms with van der Waals surface area (Å²) in [5.41, 5.74) is 0.590. The minimum Gasteiger partial charge on any atom is -0.432 e. The molecule has 1 rings (SSSR count). The third-order valence-electron chi connectivity index (χ3n) is 1.74. The molecule has 1 aromatic heterocycles. The third-order valence-corrected chi connectivity index (χ3v) is 1.74. The highest BCUT2D eigenvalue weighted by Crippen LogP contribution is 2.11. The third kappa shape index (κ3) is 2.76. The standard InChI is InChI=1S/C11H20N2O/c1-10(2,3)12-9-13(7-8-14-9)11(4,5)6/h7-8H,1-6H3. The fraction of sp³-hybridized carbons (Fsp3) is 0.727. The molecule has 0 N–H and O–H groups in total. The minimum atomic E-state index is -0.106. The van der Waals surface area contributed by atoms with E-state index in [1.54, 1.807) is 6.26 Å². The Hall–Kier alpha value is -0.990. The molecule has 0 amide bonds. The highest BCUT2D eigenvalue weighted by molar-refractivity contribution is 4.82. The molecule has 0 saturated heterocycles. The SMILES string of the molecule is CC(C)(C)N=c1occn1C(C)(C)C. The second kappa shape index (κ2) is 3.30. The summed E-state index contributed by atoms with van der Waals surface area (Å²) in [5, 5.41) is 0. The Bertz CT molecular complexity index is 358. The van der Waals surface area contributed by atoms with Crippen LogP contribution in [0, 0.1) is 0 Å². The van der Waals surface area contributed by atoms with Gasteiger partial charge in [0.15, 0.2) is 0 Å². The summed E-state index contributed by atoms with van der Waals surface area (Å²) >= 11 is 0. The van der Waals surface area contributed by atoms with E-state index in [1.165, 1.54) is 0 Å². The number of oxazole rings is 1. The second-order valence-corrected chi connectivity index (χ2v) is 5.51. The molecule has 1 heterocycles. The van der Waals surface area contributed by atoms with E-state index in [0.29, 0.717) is 5.68 Å². The lowest BCUT2D eigenvalue weighted by Gasteiger charge is -2.20. The van der Waals surface area contributed by atoms with Gasteiger partial charge in [-0.2, -0.15) is 0 Å². The van der Waals surface area contributed by atoms with E-state index in [1.807, 2.05) is 10.8 Å². The van der Waals surface area contributed by atoms with E-state index in [4.69, 9.17) is 4.42 Å². The van der Waals surface area contributed by atoms with Crippen molar-refractivity contribution in [2.45, 2.75) is 52.6 Å². The van der Waals surface area contributed by atoms with E-state index in [-0.39, 0.29) is 11.1 Å². The Balaban J connectivity index is 3.25. The van der Waals surface area contributed by atoms with E-state index < -0.39 is 0 Å². The van der Waals surface area contributed by atoms with Crippen molar-refractivity contribution >= 4 is 0 Å². The van der Waals surface area contributed by atoms with Gasteiger partial charge in [0.25, 0.3) is 5.68 Å². The van der Waals surface area contributed by atoms with Gasteiger partial charge in [-0.3, -0.25) is 4.57 Å². The number of nitrogens with zero attached hydrogens (tertiary/aromatic N) is 2. The average molecular weight is 196 g/mol. The zero-order valence-corrected chi connectivity index (χ0v) is 9.96. The molecule has 3 heteroatoms. The first kappa shape index (κ1) is 11.1. The van der Waals surface area contributed by atoms with Gasteiger partial charge in [-0.15, -0.1) is 0 Å². The zero-order chi connectivity index (χ0) is 11.0. The largest absolute Gasteiger partial charge is 0.432 e. The maximum atomic E-state index is 5.36. The van der Waals surface area contributed by atoms with Gasteiger partial charge in [0.1, 0.15) is 6.26 Å². The fourth-order valence-corrected chi connectivity index (χ4v) is 1.15. The molecule has 0 unspecified atom stereocenters. The quantitative estimate of drug-likeness (QED) is 0.627. The van der Waals surface area contributed by atoms with Crippen molar-refractivity contribution in [1.82, 2.24) is 4.57 Å². The van der Waals surface area contributed by atoms with Gasteiger partial charge in [-0.05, 0) is 41.5 Å². The average Bonchev–Trinajstić information content (AvgIpc) is 2.29. The monoisotopic (exact) mass is 196 g/mol. The van der Waals surface area contributed by atoms with Crippen molar-refractivity contribution in [1.29, 1.82) is 0 Å². The normalized spacial score (nSPS) is 14.9. The van der Waals surface area contributed by atoms with Gasteiger partial charge in [-0.1, -0.05) is 0 Å². The molecule has 0 aromatic carbocycles. The summed E-state index contributed by atoms with van der Waals surface area (Å²) in [6.07, 6.45) is 3.60. The molecule has 0 spiro atoms. The topological polar surface area (TPSA) is 30.4 Å². The highest BCUT2D eigenvalue weighted by atomic mass is 16.3. The van der Waals surface area contributed by atoms with Crippen LogP contribution >= 0.6 is 0 Å². The molecule has 0 bridgehead atoms. The van der Waals surface area contributed by atoms with Crippen molar-refractivity contribution in [3.05, 3.63) is 18.1 Å².